The fourth-order valence-electron chi connectivity index (χ4n) is 2.71. The summed E-state index contributed by atoms with van der Waals surface area (Å²) in [7, 11) is 1.77. The fourth-order valence-corrected chi connectivity index (χ4v) is 2.71. The average Bonchev–Trinajstić information content (AvgIpc) is 2.63. The summed E-state index contributed by atoms with van der Waals surface area (Å²) in [4.78, 5) is 22.8. The molecule has 1 amide bonds. The smallest absolute Gasteiger partial charge is 0.227 e. The third-order valence-electron chi connectivity index (χ3n) is 3.96. The highest BCUT2D eigenvalue weighted by Gasteiger charge is 2.28. The highest BCUT2D eigenvalue weighted by molar-refractivity contribution is 5.79. The van der Waals surface area contributed by atoms with Crippen LogP contribution in [0.15, 0.2) is 36.7 Å². The van der Waals surface area contributed by atoms with Gasteiger partial charge >= 0.3 is 0 Å². The zero-order valence-electron chi connectivity index (χ0n) is 13.4. The second-order valence-corrected chi connectivity index (χ2v) is 5.54. The Morgan fingerprint density at radius 2 is 2.08 bits per heavy atom. The Hall–Kier alpha value is -2.54. The van der Waals surface area contributed by atoms with Crippen molar-refractivity contribution in [3.8, 4) is 0 Å². The monoisotopic (exact) mass is 330 g/mol. The van der Waals surface area contributed by atoms with Gasteiger partial charge in [-0.1, -0.05) is 12.1 Å². The van der Waals surface area contributed by atoms with Crippen molar-refractivity contribution >= 4 is 11.7 Å². The molecule has 1 N–H and O–H groups in total. The van der Waals surface area contributed by atoms with Crippen molar-refractivity contribution in [2.45, 2.75) is 12.5 Å². The molecule has 1 atom stereocenters. The lowest BCUT2D eigenvalue weighted by Gasteiger charge is -2.33. The van der Waals surface area contributed by atoms with Gasteiger partial charge in [-0.3, -0.25) is 9.78 Å². The number of rotatable bonds is 4. The zero-order chi connectivity index (χ0) is 16.9. The fraction of sp³-hybridized carbons (Fsp3) is 0.353. The molecule has 1 aromatic heterocycles. The van der Waals surface area contributed by atoms with Gasteiger partial charge in [0.25, 0.3) is 0 Å². The summed E-state index contributed by atoms with van der Waals surface area (Å²) >= 11 is 0. The van der Waals surface area contributed by atoms with Crippen molar-refractivity contribution in [1.29, 1.82) is 0 Å². The van der Waals surface area contributed by atoms with E-state index in [1.165, 1.54) is 12.1 Å². The van der Waals surface area contributed by atoms with Crippen LogP contribution in [0, 0.1) is 5.82 Å². The van der Waals surface area contributed by atoms with Crippen molar-refractivity contribution in [2.75, 3.05) is 32.1 Å². The largest absolute Gasteiger partial charge is 0.372 e. The predicted octanol–water partition coefficient (Wildman–Crippen LogP) is 1.80. The minimum Gasteiger partial charge on any atom is -0.372 e. The Kier molecular flexibility index (Phi) is 5.00. The van der Waals surface area contributed by atoms with Crippen LogP contribution in [0.1, 0.15) is 17.4 Å². The van der Waals surface area contributed by atoms with Gasteiger partial charge in [0.2, 0.25) is 5.91 Å². The summed E-state index contributed by atoms with van der Waals surface area (Å²) in [6.45, 7) is 1.40. The van der Waals surface area contributed by atoms with Gasteiger partial charge in [0.1, 0.15) is 23.4 Å². The Morgan fingerprint density at radius 3 is 2.83 bits per heavy atom. The van der Waals surface area contributed by atoms with Crippen LogP contribution in [0.2, 0.25) is 0 Å². The average molecular weight is 330 g/mol. The number of hydrogen-bond acceptors (Lipinski definition) is 5. The first kappa shape index (κ1) is 16.3. The van der Waals surface area contributed by atoms with Crippen molar-refractivity contribution in [2.24, 2.45) is 0 Å². The molecule has 0 radical (unpaired) electrons. The van der Waals surface area contributed by atoms with Crippen LogP contribution >= 0.6 is 0 Å². The van der Waals surface area contributed by atoms with Crippen LogP contribution in [0.25, 0.3) is 0 Å². The molecule has 2 aromatic rings. The number of nitrogens with one attached hydrogen (secondary N) is 1. The van der Waals surface area contributed by atoms with E-state index in [0.29, 0.717) is 31.2 Å². The molecule has 1 aliphatic rings. The van der Waals surface area contributed by atoms with Gasteiger partial charge < -0.3 is 15.0 Å². The molecule has 0 saturated carbocycles. The van der Waals surface area contributed by atoms with Crippen LogP contribution in [0.4, 0.5) is 10.2 Å². The summed E-state index contributed by atoms with van der Waals surface area (Å²) in [6, 6.07) is 5.99. The number of nitrogens with zero attached hydrogens (tertiary/aromatic N) is 3. The van der Waals surface area contributed by atoms with Crippen LogP contribution in [0.5, 0.6) is 0 Å². The maximum absolute atomic E-state index is 13.0. The number of hydrogen-bond donors (Lipinski definition) is 1. The quantitative estimate of drug-likeness (QED) is 0.926. The molecule has 0 bridgehead atoms. The number of benzene rings is 1. The molecule has 1 aliphatic heterocycles. The highest BCUT2D eigenvalue weighted by Crippen LogP contribution is 2.25. The van der Waals surface area contributed by atoms with Gasteiger partial charge in [0.05, 0.1) is 19.6 Å². The number of aromatic nitrogens is 2. The highest BCUT2D eigenvalue weighted by atomic mass is 19.1. The van der Waals surface area contributed by atoms with Gasteiger partial charge in [0, 0.05) is 26.0 Å². The standard InChI is InChI=1S/C17H19FN4O2/c1-19-17-16(20-6-7-21-17)14-11-22(8-9-24-14)15(23)10-12-2-4-13(18)5-3-12/h2-7,14H,8-11H2,1H3,(H,19,21)/t14-/m1/s1. The molecule has 6 nitrogen and oxygen atoms in total. The Bertz CT molecular complexity index is 708. The van der Waals surface area contributed by atoms with E-state index in [1.54, 1.807) is 36.5 Å². The molecule has 126 valence electrons. The maximum Gasteiger partial charge on any atom is 0.227 e. The molecule has 3 rings (SSSR count). The van der Waals surface area contributed by atoms with Gasteiger partial charge in [-0.25, -0.2) is 9.37 Å². The summed E-state index contributed by atoms with van der Waals surface area (Å²) in [5, 5.41) is 2.99. The maximum atomic E-state index is 13.0. The lowest BCUT2D eigenvalue weighted by atomic mass is 10.1. The molecule has 24 heavy (non-hydrogen) atoms. The van der Waals surface area contributed by atoms with E-state index < -0.39 is 0 Å². The van der Waals surface area contributed by atoms with Crippen molar-refractivity contribution in [3.63, 3.8) is 0 Å². The lowest BCUT2D eigenvalue weighted by molar-refractivity contribution is -0.138. The van der Waals surface area contributed by atoms with Gasteiger partial charge in [0.15, 0.2) is 0 Å². The van der Waals surface area contributed by atoms with E-state index in [2.05, 4.69) is 15.3 Å². The third-order valence-corrected chi connectivity index (χ3v) is 3.96. The number of amides is 1. The summed E-state index contributed by atoms with van der Waals surface area (Å²) in [5.41, 5.74) is 1.49. The number of anilines is 1. The van der Waals surface area contributed by atoms with Gasteiger partial charge in [-0.05, 0) is 17.7 Å². The SMILES string of the molecule is CNc1nccnc1[C@H]1CN(C(=O)Cc2ccc(F)cc2)CCO1. The Balaban J connectivity index is 1.68. The molecular weight excluding hydrogens is 311 g/mol. The molecule has 0 spiro atoms. The zero-order valence-corrected chi connectivity index (χ0v) is 13.4. The number of carbonyl (C=O) groups excluding carboxylic acids is 1. The summed E-state index contributed by atoms with van der Waals surface area (Å²) in [6.07, 6.45) is 3.15. The molecular formula is C17H19FN4O2. The van der Waals surface area contributed by atoms with E-state index >= 15 is 0 Å². The second-order valence-electron chi connectivity index (χ2n) is 5.54. The molecule has 1 aromatic carbocycles. The van der Waals surface area contributed by atoms with E-state index in [0.717, 1.165) is 5.56 Å². The molecule has 1 fully saturated rings. The number of halogens is 1. The third kappa shape index (κ3) is 3.68. The minimum absolute atomic E-state index is 0.00944. The molecule has 1 saturated heterocycles. The van der Waals surface area contributed by atoms with Crippen molar-refractivity contribution in [1.82, 2.24) is 14.9 Å². The van der Waals surface area contributed by atoms with Crippen molar-refractivity contribution < 1.29 is 13.9 Å². The number of morpholine rings is 1. The first-order chi connectivity index (χ1) is 11.7. The van der Waals surface area contributed by atoms with Crippen LogP contribution < -0.4 is 5.32 Å². The summed E-state index contributed by atoms with van der Waals surface area (Å²) < 4.78 is 18.7. The van der Waals surface area contributed by atoms with Gasteiger partial charge in [-0.2, -0.15) is 0 Å². The lowest BCUT2D eigenvalue weighted by Crippen LogP contribution is -2.43. The second kappa shape index (κ2) is 7.35. The predicted molar refractivity (Wildman–Crippen MR) is 87.0 cm³/mol. The van der Waals surface area contributed by atoms with Gasteiger partial charge in [-0.15, -0.1) is 0 Å². The normalized spacial score (nSPS) is 17.6. The minimum atomic E-state index is -0.313. The van der Waals surface area contributed by atoms with Crippen LogP contribution in [0.3, 0.4) is 0 Å². The molecule has 0 aliphatic carbocycles. The topological polar surface area (TPSA) is 67.4 Å². The van der Waals surface area contributed by atoms with Crippen LogP contribution in [-0.2, 0) is 16.0 Å². The van der Waals surface area contributed by atoms with E-state index in [1.807, 2.05) is 0 Å². The Morgan fingerprint density at radius 1 is 1.33 bits per heavy atom. The summed E-state index contributed by atoms with van der Waals surface area (Å²) in [5.74, 6) is 0.333. The molecule has 0 unspecified atom stereocenters. The van der Waals surface area contributed by atoms with E-state index in [9.17, 15) is 9.18 Å². The first-order valence-electron chi connectivity index (χ1n) is 7.80. The number of ether oxygens (including phenoxy) is 1. The van der Waals surface area contributed by atoms with E-state index in [4.69, 9.17) is 4.74 Å². The first-order valence-corrected chi connectivity index (χ1v) is 7.80. The van der Waals surface area contributed by atoms with E-state index in [-0.39, 0.29) is 24.2 Å². The number of carbonyl (C=O) groups is 1. The Labute approximate surface area is 139 Å². The van der Waals surface area contributed by atoms with Crippen molar-refractivity contribution in [3.05, 3.63) is 53.7 Å². The molecule has 7 heteroatoms. The van der Waals surface area contributed by atoms with Crippen LogP contribution in [-0.4, -0.2) is 47.5 Å². The molecule has 2 heterocycles.